The van der Waals surface area contributed by atoms with Crippen molar-refractivity contribution in [2.75, 3.05) is 18.0 Å². The van der Waals surface area contributed by atoms with E-state index in [1.165, 1.54) is 0 Å². The molecule has 8 heteroatoms. The van der Waals surface area contributed by atoms with E-state index in [4.69, 9.17) is 11.6 Å². The molecule has 1 aromatic heterocycles. The summed E-state index contributed by atoms with van der Waals surface area (Å²) in [6, 6.07) is 13.8. The smallest absolute Gasteiger partial charge is 0.240 e. The molecule has 0 amide bonds. The van der Waals surface area contributed by atoms with Gasteiger partial charge in [-0.3, -0.25) is 0 Å². The van der Waals surface area contributed by atoms with Gasteiger partial charge in [-0.15, -0.1) is 0 Å². The van der Waals surface area contributed by atoms with E-state index in [-0.39, 0.29) is 11.4 Å². The fraction of sp³-hybridized carbons (Fsp3) is 0.263. The lowest BCUT2D eigenvalue weighted by Gasteiger charge is -2.19. The lowest BCUT2D eigenvalue weighted by molar-refractivity contribution is 0.579. The van der Waals surface area contributed by atoms with Crippen LogP contribution in [0.1, 0.15) is 18.7 Å². The maximum absolute atomic E-state index is 12.5. The highest BCUT2D eigenvalue weighted by atomic mass is 35.5. The van der Waals surface area contributed by atoms with E-state index in [0.29, 0.717) is 10.8 Å². The summed E-state index contributed by atoms with van der Waals surface area (Å²) in [4.78, 5) is 11.6. The second kappa shape index (κ2) is 7.42. The fourth-order valence-electron chi connectivity index (χ4n) is 3.22. The summed E-state index contributed by atoms with van der Waals surface area (Å²) in [6.07, 6.45) is 2.23. The van der Waals surface area contributed by atoms with Crippen LogP contribution in [0.4, 0.5) is 5.82 Å². The molecular formula is C19H19ClN4O2S. The van der Waals surface area contributed by atoms with Crippen LogP contribution in [0.25, 0.3) is 10.9 Å². The van der Waals surface area contributed by atoms with E-state index in [1.807, 2.05) is 12.1 Å². The minimum Gasteiger partial charge on any atom is -0.356 e. The Balaban J connectivity index is 1.67. The molecule has 0 unspecified atom stereocenters. The normalized spacial score (nSPS) is 14.8. The van der Waals surface area contributed by atoms with Crippen molar-refractivity contribution in [3.8, 4) is 0 Å². The summed E-state index contributed by atoms with van der Waals surface area (Å²) >= 11 is 6.16. The number of hydrogen-bond acceptors (Lipinski definition) is 5. The van der Waals surface area contributed by atoms with Crippen molar-refractivity contribution in [3.63, 3.8) is 0 Å². The first-order valence-electron chi connectivity index (χ1n) is 8.79. The Labute approximate surface area is 163 Å². The van der Waals surface area contributed by atoms with Crippen LogP contribution in [-0.2, 0) is 16.6 Å². The average molecular weight is 403 g/mol. The molecule has 4 rings (SSSR count). The first-order chi connectivity index (χ1) is 13.0. The van der Waals surface area contributed by atoms with Gasteiger partial charge < -0.3 is 4.90 Å². The van der Waals surface area contributed by atoms with E-state index >= 15 is 0 Å². The summed E-state index contributed by atoms with van der Waals surface area (Å²) in [6.45, 7) is 1.87. The highest BCUT2D eigenvalue weighted by Gasteiger charge is 2.20. The first kappa shape index (κ1) is 18.2. The minimum absolute atomic E-state index is 0.0244. The van der Waals surface area contributed by atoms with Gasteiger partial charge in [-0.25, -0.2) is 23.1 Å². The molecule has 1 aliphatic rings. The van der Waals surface area contributed by atoms with Crippen LogP contribution in [0.5, 0.6) is 0 Å². The van der Waals surface area contributed by atoms with E-state index in [2.05, 4.69) is 19.6 Å². The van der Waals surface area contributed by atoms with Crippen LogP contribution < -0.4 is 9.62 Å². The topological polar surface area (TPSA) is 75.2 Å². The molecule has 0 aliphatic carbocycles. The van der Waals surface area contributed by atoms with Gasteiger partial charge >= 0.3 is 0 Å². The lowest BCUT2D eigenvalue weighted by Crippen LogP contribution is -2.25. The standard InChI is InChI=1S/C19H19ClN4O2S/c20-14-8-9-17-16(12-14)19(24-10-4-5-11-24)23-18(22-17)13-21-27(25,26)15-6-2-1-3-7-15/h1-3,6-9,12,21H,4-5,10-11,13H2. The number of rotatable bonds is 5. The third-order valence-corrected chi connectivity index (χ3v) is 6.22. The van der Waals surface area contributed by atoms with Gasteiger partial charge in [0, 0.05) is 23.5 Å². The van der Waals surface area contributed by atoms with Gasteiger partial charge in [0.1, 0.15) is 11.6 Å². The van der Waals surface area contributed by atoms with Crippen molar-refractivity contribution >= 4 is 38.3 Å². The molecule has 0 radical (unpaired) electrons. The molecule has 0 atom stereocenters. The van der Waals surface area contributed by atoms with Crippen LogP contribution in [0.2, 0.25) is 5.02 Å². The Bertz CT molecular complexity index is 1070. The Hall–Kier alpha value is -2.22. The van der Waals surface area contributed by atoms with Crippen molar-refractivity contribution in [2.24, 2.45) is 0 Å². The van der Waals surface area contributed by atoms with Crippen molar-refractivity contribution in [1.29, 1.82) is 0 Å². The molecule has 0 saturated carbocycles. The van der Waals surface area contributed by atoms with E-state index < -0.39 is 10.0 Å². The van der Waals surface area contributed by atoms with Crippen molar-refractivity contribution in [2.45, 2.75) is 24.3 Å². The van der Waals surface area contributed by atoms with Crippen molar-refractivity contribution in [1.82, 2.24) is 14.7 Å². The van der Waals surface area contributed by atoms with E-state index in [1.54, 1.807) is 36.4 Å². The maximum atomic E-state index is 12.5. The molecule has 1 aliphatic heterocycles. The molecule has 1 saturated heterocycles. The maximum Gasteiger partial charge on any atom is 0.240 e. The zero-order valence-electron chi connectivity index (χ0n) is 14.6. The van der Waals surface area contributed by atoms with Gasteiger partial charge in [0.15, 0.2) is 0 Å². The molecule has 0 bridgehead atoms. The van der Waals surface area contributed by atoms with Gasteiger partial charge in [0.2, 0.25) is 10.0 Å². The highest BCUT2D eigenvalue weighted by Crippen LogP contribution is 2.29. The first-order valence-corrected chi connectivity index (χ1v) is 10.6. The molecule has 1 N–H and O–H groups in total. The average Bonchev–Trinajstić information content (AvgIpc) is 3.21. The monoisotopic (exact) mass is 402 g/mol. The number of nitrogens with one attached hydrogen (secondary N) is 1. The molecule has 2 aromatic carbocycles. The quantitative estimate of drug-likeness (QED) is 0.708. The van der Waals surface area contributed by atoms with Gasteiger partial charge in [0.25, 0.3) is 0 Å². The van der Waals surface area contributed by atoms with Crippen molar-refractivity contribution < 1.29 is 8.42 Å². The molecule has 0 spiro atoms. The fourth-order valence-corrected chi connectivity index (χ4v) is 4.40. The summed E-state index contributed by atoms with van der Waals surface area (Å²) in [5, 5.41) is 1.52. The summed E-state index contributed by atoms with van der Waals surface area (Å²) in [7, 11) is -3.62. The Morgan fingerprint density at radius 3 is 2.52 bits per heavy atom. The van der Waals surface area contributed by atoms with Crippen LogP contribution in [0.15, 0.2) is 53.4 Å². The lowest BCUT2D eigenvalue weighted by atomic mass is 10.2. The van der Waals surface area contributed by atoms with Crippen LogP contribution in [0, 0.1) is 0 Å². The van der Waals surface area contributed by atoms with Gasteiger partial charge in [0.05, 0.1) is 17.0 Å². The van der Waals surface area contributed by atoms with Crippen molar-refractivity contribution in [3.05, 3.63) is 59.4 Å². The summed E-state index contributed by atoms with van der Waals surface area (Å²) < 4.78 is 27.5. The van der Waals surface area contributed by atoms with Gasteiger partial charge in [-0.05, 0) is 43.2 Å². The van der Waals surface area contributed by atoms with E-state index in [9.17, 15) is 8.42 Å². The molecule has 140 valence electrons. The number of fused-ring (bicyclic) bond motifs is 1. The van der Waals surface area contributed by atoms with Crippen LogP contribution in [-0.4, -0.2) is 31.5 Å². The predicted molar refractivity (Wildman–Crippen MR) is 106 cm³/mol. The Morgan fingerprint density at radius 2 is 1.78 bits per heavy atom. The van der Waals surface area contributed by atoms with Gasteiger partial charge in [-0.1, -0.05) is 29.8 Å². The number of halogens is 1. The zero-order valence-corrected chi connectivity index (χ0v) is 16.2. The number of hydrogen-bond donors (Lipinski definition) is 1. The molecular weight excluding hydrogens is 384 g/mol. The molecule has 27 heavy (non-hydrogen) atoms. The minimum atomic E-state index is -3.62. The number of anilines is 1. The third-order valence-electron chi connectivity index (χ3n) is 4.56. The largest absolute Gasteiger partial charge is 0.356 e. The molecule has 3 aromatic rings. The number of aromatic nitrogens is 2. The number of benzene rings is 2. The zero-order chi connectivity index (χ0) is 18.9. The summed E-state index contributed by atoms with van der Waals surface area (Å²) in [5.41, 5.74) is 0.755. The molecule has 1 fully saturated rings. The Kier molecular flexibility index (Phi) is 4.99. The second-order valence-corrected chi connectivity index (χ2v) is 8.66. The van der Waals surface area contributed by atoms with Gasteiger partial charge in [-0.2, -0.15) is 0 Å². The third kappa shape index (κ3) is 3.90. The highest BCUT2D eigenvalue weighted by molar-refractivity contribution is 7.89. The number of sulfonamides is 1. The van der Waals surface area contributed by atoms with E-state index in [0.717, 1.165) is 42.7 Å². The van der Waals surface area contributed by atoms with Crippen LogP contribution >= 0.6 is 11.6 Å². The number of nitrogens with zero attached hydrogens (tertiary/aromatic N) is 3. The SMILES string of the molecule is O=S(=O)(NCc1nc(N2CCCC2)c2cc(Cl)ccc2n1)c1ccccc1. The molecule has 6 nitrogen and oxygen atoms in total. The Morgan fingerprint density at radius 1 is 1.04 bits per heavy atom. The van der Waals surface area contributed by atoms with Crippen LogP contribution in [0.3, 0.4) is 0 Å². The second-order valence-electron chi connectivity index (χ2n) is 6.46. The summed E-state index contributed by atoms with van der Waals surface area (Å²) in [5.74, 6) is 1.25. The molecule has 2 heterocycles. The predicted octanol–water partition coefficient (Wildman–Crippen LogP) is 3.36.